The number of nitrogens with zero attached hydrogens (tertiary/aromatic N) is 1. The van der Waals surface area contributed by atoms with Crippen LogP contribution in [0.25, 0.3) is 0 Å². The Hall–Kier alpha value is -1.60. The van der Waals surface area contributed by atoms with Crippen molar-refractivity contribution in [3.8, 4) is 5.75 Å². The minimum Gasteiger partial charge on any atom is -0.492 e. The Morgan fingerprint density at radius 2 is 2.14 bits per heavy atom. The van der Waals surface area contributed by atoms with Crippen LogP contribution in [0.3, 0.4) is 0 Å². The topological polar surface area (TPSA) is 89.7 Å². The van der Waals surface area contributed by atoms with Crippen LogP contribution in [0.1, 0.15) is 31.7 Å². The van der Waals surface area contributed by atoms with Crippen LogP contribution in [0.4, 0.5) is 0 Å². The summed E-state index contributed by atoms with van der Waals surface area (Å²) in [7, 11) is -3.79. The first-order chi connectivity index (χ1) is 9.88. The van der Waals surface area contributed by atoms with Gasteiger partial charge in [-0.15, -0.1) is 0 Å². The third-order valence-electron chi connectivity index (χ3n) is 3.58. The van der Waals surface area contributed by atoms with E-state index in [2.05, 4.69) is 0 Å². The summed E-state index contributed by atoms with van der Waals surface area (Å²) in [6.45, 7) is 5.46. The number of amides is 1. The van der Waals surface area contributed by atoms with Gasteiger partial charge in [0, 0.05) is 18.7 Å². The summed E-state index contributed by atoms with van der Waals surface area (Å²) >= 11 is 0. The molecule has 21 heavy (non-hydrogen) atoms. The fourth-order valence-corrected chi connectivity index (χ4v) is 3.04. The third kappa shape index (κ3) is 3.19. The zero-order chi connectivity index (χ0) is 15.6. The molecule has 0 aliphatic carbocycles. The molecule has 7 heteroatoms. The number of primary sulfonamides is 1. The summed E-state index contributed by atoms with van der Waals surface area (Å²) in [4.78, 5) is 14.3. The highest BCUT2D eigenvalue weighted by Gasteiger charge is 2.33. The maximum Gasteiger partial charge on any atom is 0.238 e. The number of fused-ring (bicyclic) bond motifs is 1. The second-order valence-electron chi connectivity index (χ2n) is 5.03. The molecule has 1 amide bonds. The van der Waals surface area contributed by atoms with Crippen LogP contribution in [-0.2, 0) is 14.8 Å². The molecular formula is C14H20N2O4S. The summed E-state index contributed by atoms with van der Waals surface area (Å²) in [6.07, 6.45) is 0.872. The predicted octanol–water partition coefficient (Wildman–Crippen LogP) is 1.07. The molecule has 0 fully saturated rings. The van der Waals surface area contributed by atoms with Crippen molar-refractivity contribution in [2.75, 3.05) is 19.7 Å². The second kappa shape index (κ2) is 6.03. The number of carbonyl (C=O) groups is 1. The monoisotopic (exact) mass is 312 g/mol. The van der Waals surface area contributed by atoms with Crippen molar-refractivity contribution in [2.45, 2.75) is 31.1 Å². The van der Waals surface area contributed by atoms with Crippen LogP contribution in [0.2, 0.25) is 0 Å². The molecule has 1 aromatic carbocycles. The third-order valence-corrected chi connectivity index (χ3v) is 4.49. The van der Waals surface area contributed by atoms with Gasteiger partial charge in [-0.25, -0.2) is 13.6 Å². The average molecular weight is 312 g/mol. The Morgan fingerprint density at radius 3 is 2.71 bits per heavy atom. The SMILES string of the molecule is CCCN(CC)C(=O)C1COc2ccc(S(N)(=O)=O)cc21. The fraction of sp³-hybridized carbons (Fsp3) is 0.500. The van der Waals surface area contributed by atoms with Gasteiger partial charge in [-0.05, 0) is 31.5 Å². The standard InChI is InChI=1S/C14H20N2O4S/c1-3-7-16(4-2)14(17)12-9-20-13-6-5-10(8-11(12)13)21(15,18)19/h5-6,8,12H,3-4,7,9H2,1-2H3,(H2,15,18,19). The number of likely N-dealkylation sites (N-methyl/N-ethyl adjacent to an activating group) is 1. The summed E-state index contributed by atoms with van der Waals surface area (Å²) in [5, 5.41) is 5.14. The summed E-state index contributed by atoms with van der Waals surface area (Å²) in [5.41, 5.74) is 0.598. The van der Waals surface area contributed by atoms with Crippen LogP contribution in [0.15, 0.2) is 23.1 Å². The molecule has 6 nitrogen and oxygen atoms in total. The first kappa shape index (κ1) is 15.8. The molecule has 1 atom stereocenters. The predicted molar refractivity (Wildman–Crippen MR) is 78.6 cm³/mol. The quantitative estimate of drug-likeness (QED) is 0.880. The van der Waals surface area contributed by atoms with Gasteiger partial charge in [-0.3, -0.25) is 4.79 Å². The van der Waals surface area contributed by atoms with E-state index in [0.717, 1.165) is 6.42 Å². The van der Waals surface area contributed by atoms with Gasteiger partial charge in [0.2, 0.25) is 15.9 Å². The summed E-state index contributed by atoms with van der Waals surface area (Å²) in [5.74, 6) is 0.0474. The van der Waals surface area contributed by atoms with Gasteiger partial charge in [0.25, 0.3) is 0 Å². The molecular weight excluding hydrogens is 292 g/mol. The molecule has 116 valence electrons. The lowest BCUT2D eigenvalue weighted by molar-refractivity contribution is -0.132. The highest BCUT2D eigenvalue weighted by molar-refractivity contribution is 7.89. The number of hydrogen-bond acceptors (Lipinski definition) is 4. The van der Waals surface area contributed by atoms with Gasteiger partial charge >= 0.3 is 0 Å². The van der Waals surface area contributed by atoms with E-state index in [-0.39, 0.29) is 17.4 Å². The number of ether oxygens (including phenoxy) is 1. The van der Waals surface area contributed by atoms with E-state index in [4.69, 9.17) is 9.88 Å². The smallest absolute Gasteiger partial charge is 0.238 e. The second-order valence-corrected chi connectivity index (χ2v) is 6.59. The normalized spacial score (nSPS) is 17.2. The molecule has 0 radical (unpaired) electrons. The van der Waals surface area contributed by atoms with E-state index in [1.54, 1.807) is 11.0 Å². The molecule has 2 rings (SSSR count). The number of hydrogen-bond donors (Lipinski definition) is 1. The Bertz CT molecular complexity index is 642. The maximum atomic E-state index is 12.6. The van der Waals surface area contributed by atoms with Crippen LogP contribution in [0, 0.1) is 0 Å². The van der Waals surface area contributed by atoms with Crippen LogP contribution in [-0.4, -0.2) is 38.9 Å². The van der Waals surface area contributed by atoms with Crippen LogP contribution >= 0.6 is 0 Å². The molecule has 2 N–H and O–H groups in total. The minimum absolute atomic E-state index is 0.00286. The van der Waals surface area contributed by atoms with Gasteiger partial charge in [-0.1, -0.05) is 6.92 Å². The number of sulfonamides is 1. The molecule has 1 aliphatic heterocycles. The molecule has 0 bridgehead atoms. The minimum atomic E-state index is -3.79. The molecule has 1 unspecified atom stereocenters. The lowest BCUT2D eigenvalue weighted by Gasteiger charge is -2.23. The Kier molecular flexibility index (Phi) is 4.53. The molecule has 1 aromatic rings. The summed E-state index contributed by atoms with van der Waals surface area (Å²) < 4.78 is 28.4. The number of nitrogens with two attached hydrogens (primary N) is 1. The molecule has 0 saturated heterocycles. The van der Waals surface area contributed by atoms with E-state index in [9.17, 15) is 13.2 Å². The molecule has 0 aromatic heterocycles. The highest BCUT2D eigenvalue weighted by Crippen LogP contribution is 2.36. The van der Waals surface area contributed by atoms with Crippen molar-refractivity contribution in [1.82, 2.24) is 4.90 Å². The van der Waals surface area contributed by atoms with Gasteiger partial charge in [0.15, 0.2) is 0 Å². The largest absolute Gasteiger partial charge is 0.492 e. The Labute approximate surface area is 124 Å². The van der Waals surface area contributed by atoms with E-state index in [0.29, 0.717) is 24.4 Å². The van der Waals surface area contributed by atoms with E-state index < -0.39 is 15.9 Å². The van der Waals surface area contributed by atoms with E-state index >= 15 is 0 Å². The summed E-state index contributed by atoms with van der Waals surface area (Å²) in [6, 6.07) is 4.39. The zero-order valence-corrected chi connectivity index (χ0v) is 13.0. The lowest BCUT2D eigenvalue weighted by atomic mass is 9.99. The number of rotatable bonds is 5. The average Bonchev–Trinajstić information content (AvgIpc) is 2.86. The highest BCUT2D eigenvalue weighted by atomic mass is 32.2. The number of benzene rings is 1. The van der Waals surface area contributed by atoms with Gasteiger partial charge in [0.1, 0.15) is 18.3 Å². The zero-order valence-electron chi connectivity index (χ0n) is 12.2. The Morgan fingerprint density at radius 1 is 1.43 bits per heavy atom. The van der Waals surface area contributed by atoms with Gasteiger partial charge in [0.05, 0.1) is 4.90 Å². The Balaban J connectivity index is 2.34. The van der Waals surface area contributed by atoms with Crippen molar-refractivity contribution in [3.63, 3.8) is 0 Å². The first-order valence-electron chi connectivity index (χ1n) is 6.96. The van der Waals surface area contributed by atoms with Crippen molar-refractivity contribution in [3.05, 3.63) is 23.8 Å². The number of carbonyl (C=O) groups excluding carboxylic acids is 1. The van der Waals surface area contributed by atoms with Crippen molar-refractivity contribution in [2.24, 2.45) is 5.14 Å². The fourth-order valence-electron chi connectivity index (χ4n) is 2.49. The molecule has 1 aliphatic rings. The van der Waals surface area contributed by atoms with Gasteiger partial charge < -0.3 is 9.64 Å². The van der Waals surface area contributed by atoms with Crippen molar-refractivity contribution < 1.29 is 17.9 Å². The molecule has 0 saturated carbocycles. The van der Waals surface area contributed by atoms with E-state index in [1.807, 2.05) is 13.8 Å². The van der Waals surface area contributed by atoms with E-state index in [1.165, 1.54) is 12.1 Å². The molecule has 0 spiro atoms. The van der Waals surface area contributed by atoms with Crippen LogP contribution < -0.4 is 9.88 Å². The molecule has 1 heterocycles. The van der Waals surface area contributed by atoms with Gasteiger partial charge in [-0.2, -0.15) is 0 Å². The lowest BCUT2D eigenvalue weighted by Crippen LogP contribution is -2.36. The van der Waals surface area contributed by atoms with Crippen molar-refractivity contribution in [1.29, 1.82) is 0 Å². The first-order valence-corrected chi connectivity index (χ1v) is 8.51. The maximum absolute atomic E-state index is 12.6. The van der Waals surface area contributed by atoms with Crippen molar-refractivity contribution >= 4 is 15.9 Å². The van der Waals surface area contributed by atoms with Crippen LogP contribution in [0.5, 0.6) is 5.75 Å².